The Morgan fingerprint density at radius 1 is 1.35 bits per heavy atom. The molecule has 0 atom stereocenters. The molecule has 1 aliphatic rings. The van der Waals surface area contributed by atoms with Crippen molar-refractivity contribution in [3.63, 3.8) is 0 Å². The molecule has 1 aromatic carbocycles. The van der Waals surface area contributed by atoms with Gasteiger partial charge >= 0.3 is 0 Å². The molecule has 0 spiro atoms. The number of nitrogens with one attached hydrogen (secondary N) is 1. The monoisotopic (exact) mass is 324 g/mol. The fourth-order valence-electron chi connectivity index (χ4n) is 2.97. The lowest BCUT2D eigenvalue weighted by molar-refractivity contribution is -0.138. The van der Waals surface area contributed by atoms with Crippen LogP contribution in [0.2, 0.25) is 0 Å². The Kier molecular flexibility index (Phi) is 5.18. The Morgan fingerprint density at radius 2 is 2.00 bits per heavy atom. The minimum absolute atomic E-state index is 0.0310. The van der Waals surface area contributed by atoms with Gasteiger partial charge in [0.15, 0.2) is 5.96 Å². The van der Waals surface area contributed by atoms with E-state index in [-0.39, 0.29) is 24.1 Å². The second-order valence-electron chi connectivity index (χ2n) is 6.14. The minimum atomic E-state index is -0.621. The first-order valence-corrected chi connectivity index (χ1v) is 7.58. The molecule has 0 aromatic heterocycles. The van der Waals surface area contributed by atoms with E-state index in [2.05, 4.69) is 10.3 Å². The van der Waals surface area contributed by atoms with E-state index in [0.29, 0.717) is 0 Å². The molecule has 0 unspecified atom stereocenters. The number of amides is 1. The van der Waals surface area contributed by atoms with Gasteiger partial charge in [-0.15, -0.1) is 0 Å². The van der Waals surface area contributed by atoms with E-state index in [1.807, 2.05) is 0 Å². The zero-order valence-corrected chi connectivity index (χ0v) is 13.4. The first-order valence-electron chi connectivity index (χ1n) is 7.58. The number of carbonyl (C=O) groups is 1. The number of nitrogens with zero attached hydrogens (tertiary/aromatic N) is 2. The maximum Gasteiger partial charge on any atom is 0.230 e. The summed E-state index contributed by atoms with van der Waals surface area (Å²) >= 11 is 0. The smallest absolute Gasteiger partial charge is 0.230 e. The molecule has 7 heteroatoms. The summed E-state index contributed by atoms with van der Waals surface area (Å²) in [5.41, 5.74) is 5.14. The first-order chi connectivity index (χ1) is 10.8. The molecular formula is C16H22F2N4O. The van der Waals surface area contributed by atoms with Crippen molar-refractivity contribution < 1.29 is 13.6 Å². The van der Waals surface area contributed by atoms with Crippen molar-refractivity contribution >= 4 is 17.6 Å². The molecule has 3 N–H and O–H groups in total. The SMILES string of the molecule is CN(C)C(=O)C1(CN=C(N)Nc2cc(F)ccc2F)CCCC1. The number of anilines is 1. The second-order valence-corrected chi connectivity index (χ2v) is 6.14. The van der Waals surface area contributed by atoms with Gasteiger partial charge < -0.3 is 16.0 Å². The van der Waals surface area contributed by atoms with Crippen molar-refractivity contribution in [3.8, 4) is 0 Å². The highest BCUT2D eigenvalue weighted by molar-refractivity contribution is 5.92. The fraction of sp³-hybridized carbons (Fsp3) is 0.500. The van der Waals surface area contributed by atoms with Crippen LogP contribution in [0.15, 0.2) is 23.2 Å². The maximum atomic E-state index is 13.6. The Bertz CT molecular complexity index is 610. The summed E-state index contributed by atoms with van der Waals surface area (Å²) in [5.74, 6) is -1.20. The van der Waals surface area contributed by atoms with Gasteiger partial charge in [0.1, 0.15) is 11.6 Å². The quantitative estimate of drug-likeness (QED) is 0.660. The Labute approximate surface area is 134 Å². The number of benzene rings is 1. The molecule has 2 rings (SSSR count). The van der Waals surface area contributed by atoms with Gasteiger partial charge in [-0.3, -0.25) is 9.79 Å². The predicted octanol–water partition coefficient (Wildman–Crippen LogP) is 2.34. The number of halogens is 2. The van der Waals surface area contributed by atoms with Crippen molar-refractivity contribution in [2.75, 3.05) is 26.0 Å². The number of aliphatic imine (C=N–C) groups is 1. The maximum absolute atomic E-state index is 13.6. The van der Waals surface area contributed by atoms with Crippen LogP contribution >= 0.6 is 0 Å². The molecule has 5 nitrogen and oxygen atoms in total. The highest BCUT2D eigenvalue weighted by Gasteiger charge is 2.41. The van der Waals surface area contributed by atoms with Crippen LogP contribution in [-0.2, 0) is 4.79 Å². The van der Waals surface area contributed by atoms with Gasteiger partial charge in [-0.2, -0.15) is 0 Å². The summed E-state index contributed by atoms with van der Waals surface area (Å²) in [7, 11) is 3.44. The van der Waals surface area contributed by atoms with E-state index in [9.17, 15) is 13.6 Å². The third-order valence-electron chi connectivity index (χ3n) is 4.16. The Hall–Kier alpha value is -2.18. The summed E-state index contributed by atoms with van der Waals surface area (Å²) < 4.78 is 26.7. The predicted molar refractivity (Wildman–Crippen MR) is 86.1 cm³/mol. The number of hydrogen-bond donors (Lipinski definition) is 2. The lowest BCUT2D eigenvalue weighted by atomic mass is 9.85. The van der Waals surface area contributed by atoms with E-state index < -0.39 is 17.0 Å². The summed E-state index contributed by atoms with van der Waals surface area (Å²) in [5, 5.41) is 2.55. The van der Waals surface area contributed by atoms with E-state index >= 15 is 0 Å². The highest BCUT2D eigenvalue weighted by Crippen LogP contribution is 2.39. The molecule has 0 bridgehead atoms. The minimum Gasteiger partial charge on any atom is -0.370 e. The third-order valence-corrected chi connectivity index (χ3v) is 4.16. The average molecular weight is 324 g/mol. The summed E-state index contributed by atoms with van der Waals surface area (Å²) in [6.45, 7) is 0.236. The number of hydrogen-bond acceptors (Lipinski definition) is 2. The van der Waals surface area contributed by atoms with Gasteiger partial charge in [0.05, 0.1) is 17.6 Å². The average Bonchev–Trinajstić information content (AvgIpc) is 2.98. The molecule has 126 valence electrons. The molecule has 1 fully saturated rings. The van der Waals surface area contributed by atoms with E-state index in [1.54, 1.807) is 19.0 Å². The Morgan fingerprint density at radius 3 is 2.61 bits per heavy atom. The van der Waals surface area contributed by atoms with Crippen LogP contribution in [0.25, 0.3) is 0 Å². The topological polar surface area (TPSA) is 70.7 Å². The Balaban J connectivity index is 2.11. The third kappa shape index (κ3) is 3.97. The zero-order chi connectivity index (χ0) is 17.0. The molecule has 1 aromatic rings. The normalized spacial score (nSPS) is 17.1. The zero-order valence-electron chi connectivity index (χ0n) is 13.4. The largest absolute Gasteiger partial charge is 0.370 e. The molecule has 23 heavy (non-hydrogen) atoms. The van der Waals surface area contributed by atoms with Gasteiger partial charge in [-0.05, 0) is 25.0 Å². The van der Waals surface area contributed by atoms with E-state index in [4.69, 9.17) is 5.73 Å². The van der Waals surface area contributed by atoms with Crippen molar-refractivity contribution in [1.82, 2.24) is 4.90 Å². The molecule has 0 radical (unpaired) electrons. The van der Waals surface area contributed by atoms with Gasteiger partial charge in [0, 0.05) is 20.2 Å². The molecule has 0 aliphatic heterocycles. The van der Waals surface area contributed by atoms with Crippen LogP contribution in [0, 0.1) is 17.0 Å². The fourth-order valence-corrected chi connectivity index (χ4v) is 2.97. The number of rotatable bonds is 4. The number of nitrogens with two attached hydrogens (primary N) is 1. The lowest BCUT2D eigenvalue weighted by Crippen LogP contribution is -2.41. The van der Waals surface area contributed by atoms with Gasteiger partial charge in [0.2, 0.25) is 5.91 Å². The first kappa shape index (κ1) is 17.2. The molecule has 0 saturated heterocycles. The van der Waals surface area contributed by atoms with Crippen LogP contribution in [-0.4, -0.2) is 37.4 Å². The lowest BCUT2D eigenvalue weighted by Gasteiger charge is -2.29. The van der Waals surface area contributed by atoms with Crippen LogP contribution in [0.1, 0.15) is 25.7 Å². The number of guanidine groups is 1. The highest BCUT2D eigenvalue weighted by atomic mass is 19.1. The number of carbonyl (C=O) groups excluding carboxylic acids is 1. The molecule has 1 aliphatic carbocycles. The second kappa shape index (κ2) is 6.93. The van der Waals surface area contributed by atoms with Crippen molar-refractivity contribution in [1.29, 1.82) is 0 Å². The molecule has 1 amide bonds. The molecule has 1 saturated carbocycles. The van der Waals surface area contributed by atoms with Crippen LogP contribution in [0.4, 0.5) is 14.5 Å². The van der Waals surface area contributed by atoms with Gasteiger partial charge in [-0.25, -0.2) is 8.78 Å². The van der Waals surface area contributed by atoms with E-state index in [0.717, 1.165) is 43.9 Å². The van der Waals surface area contributed by atoms with E-state index in [1.165, 1.54) is 0 Å². The van der Waals surface area contributed by atoms with Crippen LogP contribution < -0.4 is 11.1 Å². The summed E-state index contributed by atoms with van der Waals surface area (Å²) in [6.07, 6.45) is 3.46. The summed E-state index contributed by atoms with van der Waals surface area (Å²) in [6, 6.07) is 3.05. The van der Waals surface area contributed by atoms with Crippen molar-refractivity contribution in [2.24, 2.45) is 16.1 Å². The van der Waals surface area contributed by atoms with Gasteiger partial charge in [-0.1, -0.05) is 12.8 Å². The standard InChI is InChI=1S/C16H22F2N4O/c1-22(2)14(23)16(7-3-4-8-16)10-20-15(19)21-13-9-11(17)5-6-12(13)18/h5-6,9H,3-4,7-8,10H2,1-2H3,(H3,19,20,21). The summed E-state index contributed by atoms with van der Waals surface area (Å²) in [4.78, 5) is 18.2. The van der Waals surface area contributed by atoms with Crippen molar-refractivity contribution in [2.45, 2.75) is 25.7 Å². The molecular weight excluding hydrogens is 302 g/mol. The van der Waals surface area contributed by atoms with Crippen LogP contribution in [0.3, 0.4) is 0 Å². The molecule has 0 heterocycles. The van der Waals surface area contributed by atoms with Crippen molar-refractivity contribution in [3.05, 3.63) is 29.8 Å². The van der Waals surface area contributed by atoms with Gasteiger partial charge in [0.25, 0.3) is 0 Å². The van der Waals surface area contributed by atoms with Crippen LogP contribution in [0.5, 0.6) is 0 Å².